The van der Waals surface area contributed by atoms with Crippen LogP contribution in [0.5, 0.6) is 5.88 Å². The Hall–Kier alpha value is -3.21. The molecule has 1 aliphatic carbocycles. The molecule has 158 valence electrons. The minimum Gasteiger partial charge on any atom is -0.493 e. The minimum absolute atomic E-state index is 0.230. The summed E-state index contributed by atoms with van der Waals surface area (Å²) < 4.78 is 7.01. The predicted molar refractivity (Wildman–Crippen MR) is 108 cm³/mol. The summed E-state index contributed by atoms with van der Waals surface area (Å²) >= 11 is 0. The van der Waals surface area contributed by atoms with Crippen LogP contribution in [-0.4, -0.2) is 60.5 Å². The molecule has 2 aliphatic rings. The molecule has 3 aromatic heterocycles. The van der Waals surface area contributed by atoms with Crippen molar-refractivity contribution in [1.29, 1.82) is 0 Å². The number of aromatic amines is 2. The molecule has 11 nitrogen and oxygen atoms in total. The van der Waals surface area contributed by atoms with Crippen molar-refractivity contribution in [3.8, 4) is 5.88 Å². The van der Waals surface area contributed by atoms with E-state index in [4.69, 9.17) is 4.74 Å². The number of aromatic hydroxyl groups is 1. The highest BCUT2D eigenvalue weighted by molar-refractivity contribution is 5.57. The normalized spacial score (nSPS) is 19.1. The maximum absolute atomic E-state index is 11.4. The summed E-state index contributed by atoms with van der Waals surface area (Å²) in [5, 5.41) is 18.2. The number of nitrogens with one attached hydrogen (secondary N) is 3. The fraction of sp³-hybridized carbons (Fsp3) is 0.526. The summed E-state index contributed by atoms with van der Waals surface area (Å²) in [7, 11) is 0. The van der Waals surface area contributed by atoms with E-state index in [0.717, 1.165) is 51.9 Å². The highest BCUT2D eigenvalue weighted by Gasteiger charge is 2.21. The Balaban J connectivity index is 1.48. The van der Waals surface area contributed by atoms with Crippen molar-refractivity contribution in [2.24, 2.45) is 10.9 Å². The maximum atomic E-state index is 11.4. The quantitative estimate of drug-likeness (QED) is 0.434. The van der Waals surface area contributed by atoms with Gasteiger partial charge in [0.05, 0.1) is 12.2 Å². The first-order valence-corrected chi connectivity index (χ1v) is 10.3. The molecule has 1 saturated heterocycles. The first kappa shape index (κ1) is 18.8. The van der Waals surface area contributed by atoms with E-state index in [1.165, 1.54) is 0 Å². The summed E-state index contributed by atoms with van der Waals surface area (Å²) in [6.45, 7) is 2.43. The third-order valence-electron chi connectivity index (χ3n) is 5.43. The summed E-state index contributed by atoms with van der Waals surface area (Å²) in [6.07, 6.45) is 8.55. The summed E-state index contributed by atoms with van der Waals surface area (Å²) in [5.41, 5.74) is 0.842. The van der Waals surface area contributed by atoms with Crippen molar-refractivity contribution in [1.82, 2.24) is 29.5 Å². The lowest BCUT2D eigenvalue weighted by Crippen LogP contribution is -2.25. The molecule has 3 aromatic rings. The van der Waals surface area contributed by atoms with Gasteiger partial charge in [-0.25, -0.2) is 9.79 Å². The van der Waals surface area contributed by atoms with Gasteiger partial charge in [0.15, 0.2) is 5.65 Å². The molecule has 0 bridgehead atoms. The van der Waals surface area contributed by atoms with E-state index in [9.17, 15) is 9.90 Å². The molecule has 4 N–H and O–H groups in total. The average molecular weight is 412 g/mol. The molecule has 0 unspecified atom stereocenters. The van der Waals surface area contributed by atoms with Crippen LogP contribution < -0.4 is 21.8 Å². The van der Waals surface area contributed by atoms with Crippen LogP contribution in [0.3, 0.4) is 0 Å². The van der Waals surface area contributed by atoms with Gasteiger partial charge in [-0.15, -0.1) is 0 Å². The molecule has 1 aliphatic heterocycles. The van der Waals surface area contributed by atoms with Gasteiger partial charge >= 0.3 is 5.69 Å². The minimum atomic E-state index is -0.482. The maximum Gasteiger partial charge on any atom is 0.326 e. The fourth-order valence-electron chi connectivity index (χ4n) is 3.58. The molecule has 30 heavy (non-hydrogen) atoms. The highest BCUT2D eigenvalue weighted by Crippen LogP contribution is 2.22. The zero-order valence-corrected chi connectivity index (χ0v) is 16.5. The average Bonchev–Trinajstić information content (AvgIpc) is 3.37. The van der Waals surface area contributed by atoms with E-state index in [1.54, 1.807) is 16.8 Å². The van der Waals surface area contributed by atoms with Gasteiger partial charge in [0.2, 0.25) is 11.8 Å². The van der Waals surface area contributed by atoms with Gasteiger partial charge in [0.25, 0.3) is 5.62 Å². The fourth-order valence-corrected chi connectivity index (χ4v) is 3.58. The first-order valence-electron chi connectivity index (χ1n) is 10.3. The van der Waals surface area contributed by atoms with Gasteiger partial charge in [-0.2, -0.15) is 19.6 Å². The van der Waals surface area contributed by atoms with Crippen LogP contribution in [-0.2, 0) is 4.74 Å². The van der Waals surface area contributed by atoms with Gasteiger partial charge in [-0.1, -0.05) is 0 Å². The molecule has 0 atom stereocenters. The molecular formula is C19H24N8O3. The van der Waals surface area contributed by atoms with E-state index in [2.05, 4.69) is 35.3 Å². The van der Waals surface area contributed by atoms with Crippen molar-refractivity contribution >= 4 is 17.7 Å². The molecule has 2 fully saturated rings. The Morgan fingerprint density at radius 2 is 2.10 bits per heavy atom. The number of fused-ring (bicyclic) bond motifs is 1. The van der Waals surface area contributed by atoms with E-state index in [0.29, 0.717) is 28.4 Å². The Morgan fingerprint density at radius 1 is 1.27 bits per heavy atom. The van der Waals surface area contributed by atoms with Crippen LogP contribution in [0.15, 0.2) is 16.0 Å². The van der Waals surface area contributed by atoms with E-state index < -0.39 is 5.69 Å². The van der Waals surface area contributed by atoms with Crippen molar-refractivity contribution in [2.75, 3.05) is 25.1 Å². The van der Waals surface area contributed by atoms with E-state index >= 15 is 0 Å². The summed E-state index contributed by atoms with van der Waals surface area (Å²) in [6, 6.07) is 0.278. The molecule has 0 spiro atoms. The van der Waals surface area contributed by atoms with Crippen molar-refractivity contribution < 1.29 is 9.84 Å². The van der Waals surface area contributed by atoms with Gasteiger partial charge < -0.3 is 20.1 Å². The Morgan fingerprint density at radius 3 is 2.83 bits per heavy atom. The second-order valence-electron chi connectivity index (χ2n) is 7.80. The monoisotopic (exact) mass is 412 g/mol. The van der Waals surface area contributed by atoms with Crippen molar-refractivity contribution in [2.45, 2.75) is 38.1 Å². The third-order valence-corrected chi connectivity index (χ3v) is 5.43. The van der Waals surface area contributed by atoms with Gasteiger partial charge in [0, 0.05) is 25.0 Å². The van der Waals surface area contributed by atoms with Gasteiger partial charge in [-0.3, -0.25) is 4.98 Å². The number of anilines is 1. The van der Waals surface area contributed by atoms with Crippen LogP contribution in [0, 0.1) is 5.92 Å². The second-order valence-corrected chi connectivity index (χ2v) is 7.80. The van der Waals surface area contributed by atoms with Gasteiger partial charge in [0.1, 0.15) is 5.69 Å². The van der Waals surface area contributed by atoms with Crippen LogP contribution in [0.4, 0.5) is 5.95 Å². The molecular weight excluding hydrogens is 388 g/mol. The summed E-state index contributed by atoms with van der Waals surface area (Å²) in [4.78, 5) is 30.1. The second kappa shape index (κ2) is 7.90. The van der Waals surface area contributed by atoms with Crippen molar-refractivity contribution in [3.63, 3.8) is 0 Å². The first-order chi connectivity index (χ1) is 14.7. The Bertz CT molecular complexity index is 1220. The molecule has 4 heterocycles. The van der Waals surface area contributed by atoms with Crippen LogP contribution >= 0.6 is 0 Å². The number of H-pyrrole nitrogens is 2. The zero-order valence-electron chi connectivity index (χ0n) is 16.5. The Kier molecular flexibility index (Phi) is 4.95. The number of hydrogen-bond acceptors (Lipinski definition) is 8. The lowest BCUT2D eigenvalue weighted by Gasteiger charge is -2.21. The van der Waals surface area contributed by atoms with E-state index in [-0.39, 0.29) is 17.6 Å². The largest absolute Gasteiger partial charge is 0.493 e. The summed E-state index contributed by atoms with van der Waals surface area (Å²) in [5.74, 6) is 0.917. The number of ether oxygens (including phenoxy) is 1. The van der Waals surface area contributed by atoms with Crippen LogP contribution in [0.1, 0.15) is 37.8 Å². The number of imidazole rings is 1. The number of rotatable bonds is 6. The standard InChI is InChI=1S/C19H24N8O3/c28-16-14(23-19(29)25-16)9-12-10-21-27-15(12)24-17(26-18(27)22-13-1-2-13)20-6-3-11-4-7-30-8-5-11/h9-11,13,28H,1-8H2,(H,20,22,26)(H2,23,25,29)/b12-9+. The molecule has 0 amide bonds. The van der Waals surface area contributed by atoms with Gasteiger partial charge in [-0.05, 0) is 44.1 Å². The SMILES string of the molecule is O=c1[nH]c(O)c(/C=c2\cnn3c(=NC4CC4)nc(NCCC4CCOCC4)nc23)[nH]1. The smallest absolute Gasteiger partial charge is 0.326 e. The highest BCUT2D eigenvalue weighted by atomic mass is 16.5. The topological polar surface area (TPSA) is 146 Å². The predicted octanol–water partition coefficient (Wildman–Crippen LogP) is -0.314. The zero-order chi connectivity index (χ0) is 20.5. The van der Waals surface area contributed by atoms with Crippen molar-refractivity contribution in [3.05, 3.63) is 33.2 Å². The number of nitrogens with zero attached hydrogens (tertiary/aromatic N) is 5. The lowest BCUT2D eigenvalue weighted by molar-refractivity contribution is 0.0649. The lowest BCUT2D eigenvalue weighted by atomic mass is 9.97. The molecule has 0 radical (unpaired) electrons. The molecule has 5 rings (SSSR count). The number of hydrogen-bond donors (Lipinski definition) is 4. The third kappa shape index (κ3) is 4.06. The molecule has 1 saturated carbocycles. The Labute approximate surface area is 170 Å². The van der Waals surface area contributed by atoms with Crippen LogP contribution in [0.25, 0.3) is 11.7 Å². The molecule has 0 aromatic carbocycles. The van der Waals surface area contributed by atoms with Crippen LogP contribution in [0.2, 0.25) is 0 Å². The molecule has 11 heteroatoms. The number of aromatic nitrogens is 6. The van der Waals surface area contributed by atoms with E-state index in [1.807, 2.05) is 0 Å².